The fraction of sp³-hybridized carbons (Fsp3) is 0.200. The van der Waals surface area contributed by atoms with Gasteiger partial charge < -0.3 is 10.6 Å². The highest BCUT2D eigenvalue weighted by atomic mass is 16.2. The Labute approximate surface area is 112 Å². The van der Waals surface area contributed by atoms with E-state index in [0.717, 1.165) is 16.9 Å². The Kier molecular flexibility index (Phi) is 4.13. The van der Waals surface area contributed by atoms with Crippen LogP contribution in [0.15, 0.2) is 48.8 Å². The fourth-order valence-corrected chi connectivity index (χ4v) is 1.86. The lowest BCUT2D eigenvalue weighted by molar-refractivity contribution is -0.118. The molecule has 0 fully saturated rings. The Morgan fingerprint density at radius 1 is 1.32 bits per heavy atom. The van der Waals surface area contributed by atoms with E-state index in [4.69, 9.17) is 5.73 Å². The van der Waals surface area contributed by atoms with Gasteiger partial charge in [-0.1, -0.05) is 12.1 Å². The third kappa shape index (κ3) is 3.55. The maximum atomic E-state index is 12.1. The van der Waals surface area contributed by atoms with Crippen molar-refractivity contribution in [3.8, 4) is 0 Å². The maximum Gasteiger partial charge on any atom is 0.227 e. The summed E-state index contributed by atoms with van der Waals surface area (Å²) >= 11 is 0. The van der Waals surface area contributed by atoms with Crippen LogP contribution in [0.5, 0.6) is 0 Å². The Morgan fingerprint density at radius 3 is 2.84 bits per heavy atom. The van der Waals surface area contributed by atoms with Crippen LogP contribution in [-0.4, -0.2) is 17.9 Å². The van der Waals surface area contributed by atoms with Gasteiger partial charge in [-0.05, 0) is 36.2 Å². The summed E-state index contributed by atoms with van der Waals surface area (Å²) in [7, 11) is 1.76. The first-order valence-corrected chi connectivity index (χ1v) is 6.18. The van der Waals surface area contributed by atoms with Gasteiger partial charge in [-0.3, -0.25) is 9.78 Å². The summed E-state index contributed by atoms with van der Waals surface area (Å²) in [5.74, 6) is 0.0652. The molecule has 0 aliphatic heterocycles. The highest BCUT2D eigenvalue weighted by molar-refractivity contribution is 5.92. The minimum absolute atomic E-state index is 0.0652. The lowest BCUT2D eigenvalue weighted by Crippen LogP contribution is -2.26. The van der Waals surface area contributed by atoms with Crippen molar-refractivity contribution in [2.75, 3.05) is 17.7 Å². The van der Waals surface area contributed by atoms with E-state index in [9.17, 15) is 4.79 Å². The highest BCUT2D eigenvalue weighted by Crippen LogP contribution is 2.13. The van der Waals surface area contributed by atoms with E-state index >= 15 is 0 Å². The number of pyridine rings is 1. The lowest BCUT2D eigenvalue weighted by atomic mass is 10.1. The Morgan fingerprint density at radius 2 is 2.16 bits per heavy atom. The van der Waals surface area contributed by atoms with Crippen molar-refractivity contribution in [3.05, 3.63) is 54.4 Å². The first-order valence-electron chi connectivity index (χ1n) is 6.18. The Balaban J connectivity index is 1.95. The van der Waals surface area contributed by atoms with Crippen molar-refractivity contribution in [1.29, 1.82) is 0 Å². The van der Waals surface area contributed by atoms with Gasteiger partial charge in [-0.25, -0.2) is 0 Å². The van der Waals surface area contributed by atoms with Gasteiger partial charge in [0.2, 0.25) is 5.91 Å². The summed E-state index contributed by atoms with van der Waals surface area (Å²) in [6.45, 7) is 0. The van der Waals surface area contributed by atoms with Gasteiger partial charge in [0.15, 0.2) is 0 Å². The van der Waals surface area contributed by atoms with Gasteiger partial charge in [-0.2, -0.15) is 0 Å². The molecule has 0 aliphatic carbocycles. The molecule has 0 radical (unpaired) electrons. The van der Waals surface area contributed by atoms with E-state index in [1.807, 2.05) is 36.4 Å². The molecule has 0 spiro atoms. The molecule has 0 saturated heterocycles. The van der Waals surface area contributed by atoms with Crippen molar-refractivity contribution in [2.24, 2.45) is 0 Å². The number of amides is 1. The number of hydrogen-bond acceptors (Lipinski definition) is 3. The zero-order valence-electron chi connectivity index (χ0n) is 10.9. The van der Waals surface area contributed by atoms with Gasteiger partial charge in [0.05, 0.1) is 11.9 Å². The SMILES string of the molecule is CN(C(=O)CCc1cccc(N)c1)c1cccnc1. The molecule has 1 heterocycles. The molecule has 1 aromatic heterocycles. The number of aryl methyl sites for hydroxylation is 1. The Hall–Kier alpha value is -2.36. The quantitative estimate of drug-likeness (QED) is 0.852. The zero-order chi connectivity index (χ0) is 13.7. The third-order valence-electron chi connectivity index (χ3n) is 2.99. The Bertz CT molecular complexity index is 554. The van der Waals surface area contributed by atoms with Crippen LogP contribution < -0.4 is 10.6 Å². The number of aromatic nitrogens is 1. The van der Waals surface area contributed by atoms with Crippen LogP contribution in [0.3, 0.4) is 0 Å². The standard InChI is InChI=1S/C15H17N3O/c1-18(14-6-3-9-17-11-14)15(19)8-7-12-4-2-5-13(16)10-12/h2-6,9-11H,7-8,16H2,1H3. The molecule has 0 bridgehead atoms. The first-order chi connectivity index (χ1) is 9.16. The second-order valence-corrected chi connectivity index (χ2v) is 4.41. The van der Waals surface area contributed by atoms with Crippen molar-refractivity contribution in [1.82, 2.24) is 4.98 Å². The molecule has 0 aliphatic rings. The number of rotatable bonds is 4. The van der Waals surface area contributed by atoms with Gasteiger partial charge in [-0.15, -0.1) is 0 Å². The van der Waals surface area contributed by atoms with Crippen molar-refractivity contribution < 1.29 is 4.79 Å². The number of carbonyl (C=O) groups is 1. The number of carbonyl (C=O) groups excluding carboxylic acids is 1. The molecule has 98 valence electrons. The van der Waals surface area contributed by atoms with Crippen molar-refractivity contribution in [3.63, 3.8) is 0 Å². The maximum absolute atomic E-state index is 12.1. The lowest BCUT2D eigenvalue weighted by Gasteiger charge is -2.16. The van der Waals surface area contributed by atoms with Crippen LogP contribution in [0.1, 0.15) is 12.0 Å². The second-order valence-electron chi connectivity index (χ2n) is 4.41. The van der Waals surface area contributed by atoms with E-state index in [0.29, 0.717) is 12.8 Å². The molecule has 4 nitrogen and oxygen atoms in total. The minimum Gasteiger partial charge on any atom is -0.399 e. The minimum atomic E-state index is 0.0652. The molecule has 19 heavy (non-hydrogen) atoms. The van der Waals surface area contributed by atoms with Crippen LogP contribution in [0, 0.1) is 0 Å². The molecule has 4 heteroatoms. The molecular weight excluding hydrogens is 238 g/mol. The number of anilines is 2. The number of nitrogens with zero attached hydrogens (tertiary/aromatic N) is 2. The van der Waals surface area contributed by atoms with Gasteiger partial charge >= 0.3 is 0 Å². The molecular formula is C15H17N3O. The van der Waals surface area contributed by atoms with Gasteiger partial charge in [0.25, 0.3) is 0 Å². The molecule has 2 N–H and O–H groups in total. The number of hydrogen-bond donors (Lipinski definition) is 1. The third-order valence-corrected chi connectivity index (χ3v) is 2.99. The average molecular weight is 255 g/mol. The van der Waals surface area contributed by atoms with E-state index in [-0.39, 0.29) is 5.91 Å². The number of benzene rings is 1. The smallest absolute Gasteiger partial charge is 0.227 e. The van der Waals surface area contributed by atoms with Crippen LogP contribution in [-0.2, 0) is 11.2 Å². The predicted molar refractivity (Wildman–Crippen MR) is 76.8 cm³/mol. The normalized spacial score (nSPS) is 10.2. The predicted octanol–water partition coefficient (Wildman–Crippen LogP) is 2.26. The molecule has 1 aromatic carbocycles. The first kappa shape index (κ1) is 13.1. The molecule has 2 aromatic rings. The van der Waals surface area contributed by atoms with Crippen LogP contribution in [0.4, 0.5) is 11.4 Å². The summed E-state index contributed by atoms with van der Waals surface area (Å²) in [5, 5.41) is 0. The summed E-state index contributed by atoms with van der Waals surface area (Å²) in [6, 6.07) is 11.3. The topological polar surface area (TPSA) is 59.2 Å². The zero-order valence-corrected chi connectivity index (χ0v) is 10.9. The highest BCUT2D eigenvalue weighted by Gasteiger charge is 2.10. The number of nitrogens with two attached hydrogens (primary N) is 1. The monoisotopic (exact) mass is 255 g/mol. The van der Waals surface area contributed by atoms with E-state index in [1.165, 1.54) is 0 Å². The van der Waals surface area contributed by atoms with Crippen LogP contribution in [0.25, 0.3) is 0 Å². The molecule has 1 amide bonds. The molecule has 2 rings (SSSR count). The van der Waals surface area contributed by atoms with E-state index in [2.05, 4.69) is 4.98 Å². The summed E-state index contributed by atoms with van der Waals surface area (Å²) in [6.07, 6.45) is 4.51. The molecule has 0 unspecified atom stereocenters. The fourth-order valence-electron chi connectivity index (χ4n) is 1.86. The molecule has 0 atom stereocenters. The van der Waals surface area contributed by atoms with Crippen LogP contribution >= 0.6 is 0 Å². The summed E-state index contributed by atoms with van der Waals surface area (Å²) < 4.78 is 0. The van der Waals surface area contributed by atoms with E-state index in [1.54, 1.807) is 24.3 Å². The van der Waals surface area contributed by atoms with E-state index < -0.39 is 0 Å². The second kappa shape index (κ2) is 6.00. The average Bonchev–Trinajstić information content (AvgIpc) is 2.45. The largest absolute Gasteiger partial charge is 0.399 e. The number of nitrogen functional groups attached to an aromatic ring is 1. The van der Waals surface area contributed by atoms with Gasteiger partial charge in [0, 0.05) is 25.4 Å². The van der Waals surface area contributed by atoms with Gasteiger partial charge in [0.1, 0.15) is 0 Å². The van der Waals surface area contributed by atoms with Crippen molar-refractivity contribution in [2.45, 2.75) is 12.8 Å². The van der Waals surface area contributed by atoms with Crippen molar-refractivity contribution >= 4 is 17.3 Å². The summed E-state index contributed by atoms with van der Waals surface area (Å²) in [5.41, 5.74) is 8.32. The van der Waals surface area contributed by atoms with Crippen LogP contribution in [0.2, 0.25) is 0 Å². The molecule has 0 saturated carbocycles. The summed E-state index contributed by atoms with van der Waals surface area (Å²) in [4.78, 5) is 17.7.